The topological polar surface area (TPSA) is 20.3 Å². The molecule has 1 aromatic rings. The number of hydrogen-bond acceptors (Lipinski definition) is 1. The first kappa shape index (κ1) is 12.4. The van der Waals surface area contributed by atoms with Crippen LogP contribution in [0.1, 0.15) is 24.8 Å². The zero-order valence-corrected chi connectivity index (χ0v) is 11.0. The van der Waals surface area contributed by atoms with Gasteiger partial charge in [-0.05, 0) is 17.4 Å². The Labute approximate surface area is 108 Å². The Morgan fingerprint density at radius 1 is 1.24 bits per heavy atom. The summed E-state index contributed by atoms with van der Waals surface area (Å²) in [4.78, 5) is 14.1. The number of benzene rings is 1. The van der Waals surface area contributed by atoms with Crippen molar-refractivity contribution in [3.05, 3.63) is 35.9 Å². The summed E-state index contributed by atoms with van der Waals surface area (Å²) in [5.41, 5.74) is 0.881. The van der Waals surface area contributed by atoms with E-state index in [-0.39, 0.29) is 5.91 Å². The van der Waals surface area contributed by atoms with Crippen molar-refractivity contribution in [2.45, 2.75) is 19.2 Å². The van der Waals surface area contributed by atoms with Crippen LogP contribution >= 0.6 is 11.6 Å². The van der Waals surface area contributed by atoms with Crippen LogP contribution in [-0.4, -0.2) is 23.9 Å². The lowest BCUT2D eigenvalue weighted by Crippen LogP contribution is -2.31. The summed E-state index contributed by atoms with van der Waals surface area (Å²) in [6, 6.07) is 9.55. The number of alkyl halides is 1. The molecule has 3 unspecified atom stereocenters. The molecule has 1 amide bonds. The van der Waals surface area contributed by atoms with E-state index >= 15 is 0 Å². The first-order chi connectivity index (χ1) is 8.09. The maximum absolute atomic E-state index is 12.2. The number of rotatable bonds is 2. The Balaban J connectivity index is 2.06. The summed E-state index contributed by atoms with van der Waals surface area (Å²) in [7, 11) is 0. The van der Waals surface area contributed by atoms with E-state index in [4.69, 9.17) is 11.6 Å². The third kappa shape index (κ3) is 2.63. The molecule has 1 aliphatic rings. The van der Waals surface area contributed by atoms with Gasteiger partial charge in [0.1, 0.15) is 5.38 Å². The van der Waals surface area contributed by atoms with E-state index in [9.17, 15) is 4.79 Å². The second kappa shape index (κ2) is 5.09. The zero-order valence-electron chi connectivity index (χ0n) is 10.3. The average molecular weight is 252 g/mol. The van der Waals surface area contributed by atoms with Crippen molar-refractivity contribution in [2.24, 2.45) is 11.8 Å². The van der Waals surface area contributed by atoms with Gasteiger partial charge in [-0.2, -0.15) is 0 Å². The molecule has 2 nitrogen and oxygen atoms in total. The molecular formula is C14H18ClNO. The molecule has 0 aromatic heterocycles. The van der Waals surface area contributed by atoms with Crippen LogP contribution < -0.4 is 0 Å². The monoisotopic (exact) mass is 251 g/mol. The van der Waals surface area contributed by atoms with Gasteiger partial charge in [-0.15, -0.1) is 11.6 Å². The maximum atomic E-state index is 12.2. The third-order valence-electron chi connectivity index (χ3n) is 3.61. The number of nitrogens with zero attached hydrogens (tertiary/aromatic N) is 1. The molecule has 0 spiro atoms. The number of amides is 1. The number of likely N-dealkylation sites (tertiary alicyclic amines) is 1. The quantitative estimate of drug-likeness (QED) is 0.740. The zero-order chi connectivity index (χ0) is 12.4. The van der Waals surface area contributed by atoms with Crippen LogP contribution in [-0.2, 0) is 4.79 Å². The lowest BCUT2D eigenvalue weighted by Gasteiger charge is -2.19. The van der Waals surface area contributed by atoms with Crippen molar-refractivity contribution >= 4 is 17.5 Å². The highest BCUT2D eigenvalue weighted by Gasteiger charge is 2.32. The van der Waals surface area contributed by atoms with Gasteiger partial charge in [-0.25, -0.2) is 0 Å². The minimum absolute atomic E-state index is 0.0362. The summed E-state index contributed by atoms with van der Waals surface area (Å²) >= 11 is 6.24. The van der Waals surface area contributed by atoms with Gasteiger partial charge in [0.2, 0.25) is 5.91 Å². The van der Waals surface area contributed by atoms with E-state index < -0.39 is 5.38 Å². The molecule has 0 bridgehead atoms. The summed E-state index contributed by atoms with van der Waals surface area (Å²) in [5.74, 6) is 1.17. The molecule has 0 N–H and O–H groups in total. The molecule has 1 saturated heterocycles. The molecule has 17 heavy (non-hydrogen) atoms. The Hall–Kier alpha value is -1.02. The normalized spacial score (nSPS) is 25.9. The fourth-order valence-electron chi connectivity index (χ4n) is 2.23. The molecule has 1 aliphatic heterocycles. The first-order valence-corrected chi connectivity index (χ1v) is 6.51. The SMILES string of the molecule is CC1CN(C(=O)C(Cl)c2ccccc2)CC1C. The van der Waals surface area contributed by atoms with Gasteiger partial charge < -0.3 is 4.90 Å². The Kier molecular flexibility index (Phi) is 3.72. The van der Waals surface area contributed by atoms with Crippen LogP contribution in [0.4, 0.5) is 0 Å². The molecular weight excluding hydrogens is 234 g/mol. The van der Waals surface area contributed by atoms with Crippen molar-refractivity contribution in [2.75, 3.05) is 13.1 Å². The number of hydrogen-bond donors (Lipinski definition) is 0. The Bertz CT molecular complexity index is 382. The molecule has 0 saturated carbocycles. The number of halogens is 1. The van der Waals surface area contributed by atoms with Gasteiger partial charge >= 0.3 is 0 Å². The standard InChI is InChI=1S/C14H18ClNO/c1-10-8-16(9-11(10)2)14(17)13(15)12-6-4-3-5-7-12/h3-7,10-11,13H,8-9H2,1-2H3. The fourth-order valence-corrected chi connectivity index (χ4v) is 2.52. The molecule has 1 aromatic carbocycles. The molecule has 0 radical (unpaired) electrons. The van der Waals surface area contributed by atoms with Crippen molar-refractivity contribution in [1.29, 1.82) is 0 Å². The highest BCUT2D eigenvalue weighted by molar-refractivity contribution is 6.30. The summed E-state index contributed by atoms with van der Waals surface area (Å²) in [6.45, 7) is 6.03. The second-order valence-corrected chi connectivity index (χ2v) is 5.41. The molecule has 3 heteroatoms. The summed E-state index contributed by atoms with van der Waals surface area (Å²) < 4.78 is 0. The van der Waals surface area contributed by atoms with Crippen molar-refractivity contribution in [3.8, 4) is 0 Å². The predicted molar refractivity (Wildman–Crippen MR) is 69.9 cm³/mol. The van der Waals surface area contributed by atoms with Crippen molar-refractivity contribution in [3.63, 3.8) is 0 Å². The van der Waals surface area contributed by atoms with Gasteiger partial charge in [0.15, 0.2) is 0 Å². The summed E-state index contributed by atoms with van der Waals surface area (Å²) in [5, 5.41) is -0.548. The molecule has 1 heterocycles. The summed E-state index contributed by atoms with van der Waals surface area (Å²) in [6.07, 6.45) is 0. The van der Waals surface area contributed by atoms with E-state index in [1.54, 1.807) is 0 Å². The van der Waals surface area contributed by atoms with Crippen LogP contribution in [0, 0.1) is 11.8 Å². The van der Waals surface area contributed by atoms with Crippen LogP contribution in [0.3, 0.4) is 0 Å². The van der Waals surface area contributed by atoms with Crippen molar-refractivity contribution in [1.82, 2.24) is 4.90 Å². The predicted octanol–water partition coefficient (Wildman–Crippen LogP) is 3.08. The number of carbonyl (C=O) groups excluding carboxylic acids is 1. The van der Waals surface area contributed by atoms with Gasteiger partial charge in [-0.1, -0.05) is 44.2 Å². The van der Waals surface area contributed by atoms with Gasteiger partial charge in [0.05, 0.1) is 0 Å². The van der Waals surface area contributed by atoms with E-state index in [0.29, 0.717) is 11.8 Å². The smallest absolute Gasteiger partial charge is 0.245 e. The molecule has 1 fully saturated rings. The van der Waals surface area contributed by atoms with E-state index in [1.165, 1.54) is 0 Å². The lowest BCUT2D eigenvalue weighted by molar-refractivity contribution is -0.130. The Morgan fingerprint density at radius 2 is 1.76 bits per heavy atom. The van der Waals surface area contributed by atoms with Gasteiger partial charge in [0, 0.05) is 13.1 Å². The fraction of sp³-hybridized carbons (Fsp3) is 0.500. The highest BCUT2D eigenvalue weighted by Crippen LogP contribution is 2.28. The average Bonchev–Trinajstić information content (AvgIpc) is 2.69. The number of carbonyl (C=O) groups is 1. The second-order valence-electron chi connectivity index (χ2n) is 4.97. The van der Waals surface area contributed by atoms with Gasteiger partial charge in [0.25, 0.3) is 0 Å². The lowest BCUT2D eigenvalue weighted by atomic mass is 10.0. The maximum Gasteiger partial charge on any atom is 0.245 e. The molecule has 3 atom stereocenters. The minimum atomic E-state index is -0.548. The largest absolute Gasteiger partial charge is 0.341 e. The molecule has 92 valence electrons. The third-order valence-corrected chi connectivity index (χ3v) is 4.05. The highest BCUT2D eigenvalue weighted by atomic mass is 35.5. The van der Waals surface area contributed by atoms with Crippen LogP contribution in [0.15, 0.2) is 30.3 Å². The molecule has 0 aliphatic carbocycles. The van der Waals surface area contributed by atoms with Crippen LogP contribution in [0.2, 0.25) is 0 Å². The Morgan fingerprint density at radius 3 is 2.29 bits per heavy atom. The first-order valence-electron chi connectivity index (χ1n) is 6.07. The van der Waals surface area contributed by atoms with Crippen LogP contribution in [0.5, 0.6) is 0 Å². The van der Waals surface area contributed by atoms with E-state index in [2.05, 4.69) is 13.8 Å². The molecule has 2 rings (SSSR count). The minimum Gasteiger partial charge on any atom is -0.341 e. The van der Waals surface area contributed by atoms with Crippen LogP contribution in [0.25, 0.3) is 0 Å². The van der Waals surface area contributed by atoms with E-state index in [0.717, 1.165) is 18.7 Å². The van der Waals surface area contributed by atoms with Gasteiger partial charge in [-0.3, -0.25) is 4.79 Å². The van der Waals surface area contributed by atoms with Crippen molar-refractivity contribution < 1.29 is 4.79 Å². The van der Waals surface area contributed by atoms with E-state index in [1.807, 2.05) is 35.2 Å².